The molecule has 3 N–H and O–H groups in total. The zero-order chi connectivity index (χ0) is 19.6. The third kappa shape index (κ3) is 7.67. The molecule has 7 nitrogen and oxygen atoms in total. The third-order valence-electron chi connectivity index (χ3n) is 4.52. The van der Waals surface area contributed by atoms with Crippen LogP contribution in [0.4, 0.5) is 0 Å². The topological polar surface area (TPSA) is 125 Å². The standard InChI is InChI=1S/C18H28NO6P/c1-2-3-4-7-16(15(18(22)23)8-9-17(20)21)26(24,25)12-10-14-6-5-11-19-13-14/h5-6,11,13,15-16H,2-4,7-10,12H2,1H3,(H,20,21)(H,22,23)(H,24,25). The van der Waals surface area contributed by atoms with Gasteiger partial charge in [-0.1, -0.05) is 32.3 Å². The first-order valence-corrected chi connectivity index (χ1v) is 10.8. The lowest BCUT2D eigenvalue weighted by atomic mass is 9.95. The van der Waals surface area contributed by atoms with Crippen molar-refractivity contribution < 1.29 is 29.3 Å². The molecule has 0 saturated carbocycles. The van der Waals surface area contributed by atoms with Crippen LogP contribution in [0.25, 0.3) is 0 Å². The fraction of sp³-hybridized carbons (Fsp3) is 0.611. The number of carbonyl (C=O) groups is 2. The number of hydrogen-bond donors (Lipinski definition) is 3. The number of aromatic nitrogens is 1. The molecule has 3 atom stereocenters. The van der Waals surface area contributed by atoms with E-state index < -0.39 is 30.9 Å². The van der Waals surface area contributed by atoms with Crippen molar-refractivity contribution in [2.75, 3.05) is 6.16 Å². The predicted octanol–water partition coefficient (Wildman–Crippen LogP) is 3.41. The average Bonchev–Trinajstić information content (AvgIpc) is 2.59. The molecule has 0 aliphatic carbocycles. The fourth-order valence-electron chi connectivity index (χ4n) is 3.05. The zero-order valence-electron chi connectivity index (χ0n) is 15.1. The highest BCUT2D eigenvalue weighted by Gasteiger charge is 2.40. The number of pyridine rings is 1. The van der Waals surface area contributed by atoms with E-state index in [1.54, 1.807) is 24.5 Å². The maximum Gasteiger partial charge on any atom is 0.307 e. The lowest BCUT2D eigenvalue weighted by Crippen LogP contribution is -2.30. The highest BCUT2D eigenvalue weighted by molar-refractivity contribution is 7.58. The third-order valence-corrected chi connectivity index (χ3v) is 7.04. The normalized spacial score (nSPS) is 15.8. The number of aryl methyl sites for hydroxylation is 1. The van der Waals surface area contributed by atoms with Gasteiger partial charge in [-0.15, -0.1) is 0 Å². The Kier molecular flexibility index (Phi) is 9.52. The van der Waals surface area contributed by atoms with E-state index in [4.69, 9.17) is 5.11 Å². The molecule has 3 unspecified atom stereocenters. The lowest BCUT2D eigenvalue weighted by Gasteiger charge is -2.28. The number of aliphatic carboxylic acids is 2. The second-order valence-corrected chi connectivity index (χ2v) is 9.15. The summed E-state index contributed by atoms with van der Waals surface area (Å²) >= 11 is 0. The first-order valence-electron chi connectivity index (χ1n) is 8.93. The molecule has 0 aliphatic heterocycles. The first kappa shape index (κ1) is 22.3. The van der Waals surface area contributed by atoms with Gasteiger partial charge in [0, 0.05) is 30.6 Å². The molecule has 0 saturated heterocycles. The molecule has 0 aliphatic rings. The second kappa shape index (κ2) is 11.1. The molecule has 0 amide bonds. The van der Waals surface area contributed by atoms with Crippen LogP contribution >= 0.6 is 7.37 Å². The molecule has 1 rings (SSSR count). The van der Waals surface area contributed by atoms with Crippen molar-refractivity contribution in [2.24, 2.45) is 5.92 Å². The van der Waals surface area contributed by atoms with Crippen LogP contribution in [0.2, 0.25) is 0 Å². The second-order valence-electron chi connectivity index (χ2n) is 6.53. The van der Waals surface area contributed by atoms with E-state index in [0.29, 0.717) is 19.3 Å². The summed E-state index contributed by atoms with van der Waals surface area (Å²) < 4.78 is 13.0. The van der Waals surface area contributed by atoms with E-state index in [-0.39, 0.29) is 19.0 Å². The minimum absolute atomic E-state index is 0.0354. The quantitative estimate of drug-likeness (QED) is 0.351. The minimum Gasteiger partial charge on any atom is -0.481 e. The van der Waals surface area contributed by atoms with Crippen molar-refractivity contribution in [1.82, 2.24) is 4.98 Å². The number of unbranched alkanes of at least 4 members (excludes halogenated alkanes) is 2. The van der Waals surface area contributed by atoms with Crippen molar-refractivity contribution in [1.29, 1.82) is 0 Å². The fourth-order valence-corrected chi connectivity index (χ4v) is 5.38. The van der Waals surface area contributed by atoms with Crippen LogP contribution in [0.1, 0.15) is 51.0 Å². The first-order chi connectivity index (χ1) is 12.3. The Morgan fingerprint density at radius 1 is 1.23 bits per heavy atom. The maximum absolute atomic E-state index is 13.0. The highest BCUT2D eigenvalue weighted by atomic mass is 31.2. The van der Waals surface area contributed by atoms with Gasteiger partial charge in [0.05, 0.1) is 5.92 Å². The van der Waals surface area contributed by atoms with Gasteiger partial charge in [-0.2, -0.15) is 0 Å². The molecule has 26 heavy (non-hydrogen) atoms. The van der Waals surface area contributed by atoms with E-state index in [1.807, 2.05) is 6.92 Å². The Balaban J connectivity index is 2.93. The number of carboxylic acids is 2. The molecule has 0 radical (unpaired) electrons. The van der Waals surface area contributed by atoms with Crippen LogP contribution < -0.4 is 0 Å². The summed E-state index contributed by atoms with van der Waals surface area (Å²) in [6, 6.07) is 3.54. The van der Waals surface area contributed by atoms with E-state index in [0.717, 1.165) is 18.4 Å². The Hall–Kier alpha value is -1.72. The van der Waals surface area contributed by atoms with E-state index >= 15 is 0 Å². The van der Waals surface area contributed by atoms with Crippen LogP contribution in [0.15, 0.2) is 24.5 Å². The van der Waals surface area contributed by atoms with Gasteiger partial charge in [-0.3, -0.25) is 19.1 Å². The van der Waals surface area contributed by atoms with Gasteiger partial charge in [0.25, 0.3) is 0 Å². The number of hydrogen-bond acceptors (Lipinski definition) is 4. The molecule has 1 heterocycles. The van der Waals surface area contributed by atoms with E-state index in [2.05, 4.69) is 4.98 Å². The van der Waals surface area contributed by atoms with Gasteiger partial charge in [-0.25, -0.2) is 0 Å². The van der Waals surface area contributed by atoms with Crippen LogP contribution in [0.3, 0.4) is 0 Å². The Labute approximate surface area is 153 Å². The largest absolute Gasteiger partial charge is 0.481 e. The van der Waals surface area contributed by atoms with Gasteiger partial charge in [0.1, 0.15) is 0 Å². The minimum atomic E-state index is -3.78. The Morgan fingerprint density at radius 2 is 1.96 bits per heavy atom. The zero-order valence-corrected chi connectivity index (χ0v) is 16.0. The lowest BCUT2D eigenvalue weighted by molar-refractivity contribution is -0.143. The molecule has 1 aromatic rings. The monoisotopic (exact) mass is 385 g/mol. The van der Waals surface area contributed by atoms with Gasteiger partial charge < -0.3 is 15.1 Å². The summed E-state index contributed by atoms with van der Waals surface area (Å²) in [7, 11) is -3.78. The van der Waals surface area contributed by atoms with Crippen LogP contribution in [-0.4, -0.2) is 43.8 Å². The van der Waals surface area contributed by atoms with Crippen molar-refractivity contribution in [3.8, 4) is 0 Å². The smallest absolute Gasteiger partial charge is 0.307 e. The van der Waals surface area contributed by atoms with Crippen molar-refractivity contribution in [3.05, 3.63) is 30.1 Å². The van der Waals surface area contributed by atoms with Crippen LogP contribution in [-0.2, 0) is 20.6 Å². The molecule has 0 fully saturated rings. The summed E-state index contributed by atoms with van der Waals surface area (Å²) in [4.78, 5) is 37.1. The Bertz CT molecular complexity index is 621. The molecule has 1 aromatic heterocycles. The molecular weight excluding hydrogens is 357 g/mol. The number of carboxylic acid groups (broad SMARTS) is 2. The van der Waals surface area contributed by atoms with E-state index in [1.165, 1.54) is 0 Å². The molecule has 0 bridgehead atoms. The molecule has 0 aromatic carbocycles. The summed E-state index contributed by atoms with van der Waals surface area (Å²) in [6.45, 7) is 2.00. The summed E-state index contributed by atoms with van der Waals surface area (Å²) in [6.07, 6.45) is 5.76. The summed E-state index contributed by atoms with van der Waals surface area (Å²) in [5.41, 5.74) is -0.117. The molecular formula is C18H28NO6P. The van der Waals surface area contributed by atoms with Crippen molar-refractivity contribution in [3.63, 3.8) is 0 Å². The van der Waals surface area contributed by atoms with Gasteiger partial charge >= 0.3 is 11.9 Å². The molecule has 8 heteroatoms. The van der Waals surface area contributed by atoms with Gasteiger partial charge in [0.2, 0.25) is 7.37 Å². The molecule has 146 valence electrons. The predicted molar refractivity (Wildman–Crippen MR) is 98.6 cm³/mol. The highest BCUT2D eigenvalue weighted by Crippen LogP contribution is 2.52. The van der Waals surface area contributed by atoms with E-state index in [9.17, 15) is 24.2 Å². The summed E-state index contributed by atoms with van der Waals surface area (Å²) in [5, 5.41) is 18.4. The van der Waals surface area contributed by atoms with Crippen molar-refractivity contribution >= 4 is 19.3 Å². The number of rotatable bonds is 13. The van der Waals surface area contributed by atoms with Gasteiger partial charge in [-0.05, 0) is 30.9 Å². The molecule has 0 spiro atoms. The maximum atomic E-state index is 13.0. The number of nitrogens with zero attached hydrogens (tertiary/aromatic N) is 1. The average molecular weight is 385 g/mol. The summed E-state index contributed by atoms with van der Waals surface area (Å²) in [5.74, 6) is -3.44. The SMILES string of the molecule is CCCCCC(C(CCC(=O)O)C(=O)O)P(=O)(O)CCc1cccnc1. The van der Waals surface area contributed by atoms with Crippen LogP contribution in [0.5, 0.6) is 0 Å². The van der Waals surface area contributed by atoms with Crippen LogP contribution in [0, 0.1) is 5.92 Å². The van der Waals surface area contributed by atoms with Gasteiger partial charge in [0.15, 0.2) is 0 Å². The Morgan fingerprint density at radius 3 is 2.50 bits per heavy atom. The van der Waals surface area contributed by atoms with Crippen molar-refractivity contribution in [2.45, 2.75) is 57.5 Å².